The molecule has 3 nitrogen and oxygen atoms in total. The summed E-state index contributed by atoms with van der Waals surface area (Å²) in [4.78, 5) is 4.14. The summed E-state index contributed by atoms with van der Waals surface area (Å²) in [6, 6.07) is 6.85. The van der Waals surface area contributed by atoms with E-state index in [9.17, 15) is 0 Å². The van der Waals surface area contributed by atoms with Crippen LogP contribution in [0.1, 0.15) is 27.6 Å². The van der Waals surface area contributed by atoms with Crippen molar-refractivity contribution in [1.29, 1.82) is 0 Å². The second kappa shape index (κ2) is 5.04. The van der Waals surface area contributed by atoms with Gasteiger partial charge in [0.15, 0.2) is 0 Å². The van der Waals surface area contributed by atoms with Gasteiger partial charge in [0.1, 0.15) is 11.5 Å². The Morgan fingerprint density at radius 1 is 1.10 bits per heavy atom. The van der Waals surface area contributed by atoms with Crippen molar-refractivity contribution < 1.29 is 9.47 Å². The highest BCUT2D eigenvalue weighted by Gasteiger charge is 2.35. The fraction of sp³-hybridized carbons (Fsp3) is 0.412. The van der Waals surface area contributed by atoms with E-state index in [0.29, 0.717) is 6.04 Å². The molecule has 2 aliphatic rings. The molecule has 0 saturated heterocycles. The van der Waals surface area contributed by atoms with Crippen molar-refractivity contribution in [3.8, 4) is 11.5 Å². The van der Waals surface area contributed by atoms with Crippen LogP contribution in [-0.2, 0) is 19.4 Å². The minimum absolute atomic E-state index is 0.494. The first kappa shape index (κ1) is 13.2. The SMILES string of the molecule is COc1ccc(OC)c2c1CC1c3ccsc3CCN1C2. The van der Waals surface area contributed by atoms with Crippen molar-refractivity contribution in [3.05, 3.63) is 45.1 Å². The lowest BCUT2D eigenvalue weighted by Gasteiger charge is -2.41. The summed E-state index contributed by atoms with van der Waals surface area (Å²) in [6.07, 6.45) is 2.19. The molecule has 0 spiro atoms. The van der Waals surface area contributed by atoms with Crippen LogP contribution < -0.4 is 9.47 Å². The number of hydrogen-bond acceptors (Lipinski definition) is 4. The van der Waals surface area contributed by atoms with Crippen LogP contribution in [0.3, 0.4) is 0 Å². The number of hydrogen-bond donors (Lipinski definition) is 0. The van der Waals surface area contributed by atoms with Gasteiger partial charge in [-0.3, -0.25) is 4.90 Å². The van der Waals surface area contributed by atoms with E-state index in [0.717, 1.165) is 31.0 Å². The molecule has 1 aromatic carbocycles. The summed E-state index contributed by atoms with van der Waals surface area (Å²) < 4.78 is 11.2. The molecular weight excluding hydrogens is 282 g/mol. The third-order valence-electron chi connectivity index (χ3n) is 4.75. The predicted octanol–water partition coefficient (Wildman–Crippen LogP) is 3.42. The van der Waals surface area contributed by atoms with Crippen LogP contribution in [-0.4, -0.2) is 25.7 Å². The molecule has 21 heavy (non-hydrogen) atoms. The van der Waals surface area contributed by atoms with Gasteiger partial charge in [-0.05, 0) is 42.0 Å². The number of benzene rings is 1. The Kier molecular flexibility index (Phi) is 3.16. The van der Waals surface area contributed by atoms with E-state index in [1.54, 1.807) is 19.1 Å². The summed E-state index contributed by atoms with van der Waals surface area (Å²) in [5, 5.41) is 2.23. The third-order valence-corrected chi connectivity index (χ3v) is 5.75. The van der Waals surface area contributed by atoms with Crippen molar-refractivity contribution in [2.45, 2.75) is 25.4 Å². The molecule has 4 heteroatoms. The first-order valence-corrected chi connectivity index (χ1v) is 8.23. The number of ether oxygens (including phenoxy) is 2. The quantitative estimate of drug-likeness (QED) is 0.848. The average molecular weight is 301 g/mol. The summed E-state index contributed by atoms with van der Waals surface area (Å²) >= 11 is 1.90. The Balaban J connectivity index is 1.81. The lowest BCUT2D eigenvalue weighted by atomic mass is 9.86. The topological polar surface area (TPSA) is 21.7 Å². The first-order chi connectivity index (χ1) is 10.3. The lowest BCUT2D eigenvalue weighted by molar-refractivity contribution is 0.158. The molecule has 2 aromatic rings. The van der Waals surface area contributed by atoms with Gasteiger partial charge in [-0.1, -0.05) is 0 Å². The van der Waals surface area contributed by atoms with Crippen molar-refractivity contribution in [3.63, 3.8) is 0 Å². The number of methoxy groups -OCH3 is 2. The van der Waals surface area contributed by atoms with Crippen molar-refractivity contribution in [1.82, 2.24) is 4.90 Å². The van der Waals surface area contributed by atoms with Crippen LogP contribution in [0.2, 0.25) is 0 Å². The molecule has 2 aliphatic heterocycles. The van der Waals surface area contributed by atoms with Gasteiger partial charge in [0.25, 0.3) is 0 Å². The van der Waals surface area contributed by atoms with Gasteiger partial charge in [-0.15, -0.1) is 11.3 Å². The number of nitrogens with zero attached hydrogens (tertiary/aromatic N) is 1. The van der Waals surface area contributed by atoms with E-state index in [4.69, 9.17) is 9.47 Å². The summed E-state index contributed by atoms with van der Waals surface area (Å²) in [7, 11) is 3.51. The van der Waals surface area contributed by atoms with E-state index in [-0.39, 0.29) is 0 Å². The Bertz CT molecular complexity index is 679. The second-order valence-corrected chi connectivity index (χ2v) is 6.67. The van der Waals surface area contributed by atoms with E-state index in [2.05, 4.69) is 16.3 Å². The van der Waals surface area contributed by atoms with E-state index in [1.165, 1.54) is 23.1 Å². The smallest absolute Gasteiger partial charge is 0.123 e. The Labute approximate surface area is 129 Å². The molecule has 0 saturated carbocycles. The van der Waals surface area contributed by atoms with E-state index >= 15 is 0 Å². The summed E-state index contributed by atoms with van der Waals surface area (Å²) in [6.45, 7) is 2.09. The highest BCUT2D eigenvalue weighted by atomic mass is 32.1. The standard InChI is InChI=1S/C17H19NO2S/c1-19-15-3-4-16(20-2)13-10-18-7-5-17-11(6-8-21-17)14(18)9-12(13)15/h3-4,6,8,14H,5,7,9-10H2,1-2H3. The maximum Gasteiger partial charge on any atom is 0.123 e. The fourth-order valence-corrected chi connectivity index (χ4v) is 4.63. The van der Waals surface area contributed by atoms with Gasteiger partial charge >= 0.3 is 0 Å². The second-order valence-electron chi connectivity index (χ2n) is 5.67. The monoisotopic (exact) mass is 301 g/mol. The number of fused-ring (bicyclic) bond motifs is 4. The van der Waals surface area contributed by atoms with Gasteiger partial charge in [0, 0.05) is 35.1 Å². The van der Waals surface area contributed by atoms with E-state index < -0.39 is 0 Å². The van der Waals surface area contributed by atoms with Crippen LogP contribution in [0.15, 0.2) is 23.6 Å². The molecule has 0 aliphatic carbocycles. The maximum absolute atomic E-state index is 5.59. The van der Waals surface area contributed by atoms with E-state index in [1.807, 2.05) is 23.5 Å². The normalized spacial score (nSPS) is 20.4. The fourth-order valence-electron chi connectivity index (χ4n) is 3.70. The molecular formula is C17H19NO2S. The maximum atomic E-state index is 5.59. The zero-order chi connectivity index (χ0) is 14.4. The Morgan fingerprint density at radius 3 is 2.62 bits per heavy atom. The molecule has 1 atom stereocenters. The molecule has 0 bridgehead atoms. The first-order valence-electron chi connectivity index (χ1n) is 7.35. The molecule has 0 fully saturated rings. The highest BCUT2D eigenvalue weighted by Crippen LogP contribution is 2.44. The molecule has 1 aromatic heterocycles. The van der Waals surface area contributed by atoms with Crippen LogP contribution in [0, 0.1) is 0 Å². The summed E-state index contributed by atoms with van der Waals surface area (Å²) in [5.41, 5.74) is 4.13. The van der Waals surface area contributed by atoms with Crippen LogP contribution in [0.25, 0.3) is 0 Å². The molecule has 4 rings (SSSR count). The van der Waals surface area contributed by atoms with Gasteiger partial charge in [0.05, 0.1) is 14.2 Å². The predicted molar refractivity (Wildman–Crippen MR) is 84.4 cm³/mol. The minimum Gasteiger partial charge on any atom is -0.496 e. The van der Waals surface area contributed by atoms with Gasteiger partial charge < -0.3 is 9.47 Å². The largest absolute Gasteiger partial charge is 0.496 e. The van der Waals surface area contributed by atoms with Crippen LogP contribution in [0.5, 0.6) is 11.5 Å². The van der Waals surface area contributed by atoms with Gasteiger partial charge in [-0.25, -0.2) is 0 Å². The molecule has 0 radical (unpaired) electrons. The number of rotatable bonds is 2. The van der Waals surface area contributed by atoms with Gasteiger partial charge in [0.2, 0.25) is 0 Å². The van der Waals surface area contributed by atoms with Crippen molar-refractivity contribution in [2.24, 2.45) is 0 Å². The van der Waals surface area contributed by atoms with Crippen LogP contribution >= 0.6 is 11.3 Å². The third kappa shape index (κ3) is 1.97. The molecule has 110 valence electrons. The van der Waals surface area contributed by atoms with Crippen molar-refractivity contribution in [2.75, 3.05) is 20.8 Å². The zero-order valence-electron chi connectivity index (χ0n) is 12.4. The lowest BCUT2D eigenvalue weighted by Crippen LogP contribution is -2.39. The highest BCUT2D eigenvalue weighted by molar-refractivity contribution is 7.10. The van der Waals surface area contributed by atoms with Gasteiger partial charge in [-0.2, -0.15) is 0 Å². The molecule has 1 unspecified atom stereocenters. The summed E-state index contributed by atoms with van der Waals surface area (Å²) in [5.74, 6) is 1.98. The molecule has 0 amide bonds. The van der Waals surface area contributed by atoms with Crippen LogP contribution in [0.4, 0.5) is 0 Å². The van der Waals surface area contributed by atoms with Crippen molar-refractivity contribution >= 4 is 11.3 Å². The zero-order valence-corrected chi connectivity index (χ0v) is 13.2. The number of thiophene rings is 1. The Morgan fingerprint density at radius 2 is 1.86 bits per heavy atom. The minimum atomic E-state index is 0.494. The average Bonchev–Trinajstić information content (AvgIpc) is 3.01. The molecule has 0 N–H and O–H groups in total. The Hall–Kier alpha value is -1.52. The molecule has 3 heterocycles.